The molecule has 0 radical (unpaired) electrons. The third-order valence-electron chi connectivity index (χ3n) is 3.55. The molecule has 3 rings (SSSR count). The van der Waals surface area contributed by atoms with Gasteiger partial charge in [-0.1, -0.05) is 29.8 Å². The number of aromatic nitrogens is 2. The number of para-hydroxylation sites is 1. The Morgan fingerprint density at radius 1 is 1.11 bits per heavy atom. The van der Waals surface area contributed by atoms with Crippen LogP contribution in [0.1, 0.15) is 5.69 Å². The van der Waals surface area contributed by atoms with E-state index in [1.165, 1.54) is 18.6 Å². The fraction of sp³-hybridized carbons (Fsp3) is 0. The Labute approximate surface area is 157 Å². The molecule has 3 aromatic rings. The minimum Gasteiger partial charge on any atom is -0.297 e. The Morgan fingerprint density at radius 3 is 2.52 bits per heavy atom. The van der Waals surface area contributed by atoms with Crippen molar-refractivity contribution in [2.45, 2.75) is 0 Å². The molecule has 1 heterocycles. The average molecular weight is 387 g/mol. The second-order valence-corrected chi connectivity index (χ2v) is 5.57. The highest BCUT2D eigenvalue weighted by atomic mass is 35.5. The lowest BCUT2D eigenvalue weighted by atomic mass is 10.2. The van der Waals surface area contributed by atoms with Gasteiger partial charge in [-0.2, -0.15) is 5.10 Å². The van der Waals surface area contributed by atoms with Gasteiger partial charge >= 0.3 is 5.69 Å². The quantitative estimate of drug-likeness (QED) is 0.390. The summed E-state index contributed by atoms with van der Waals surface area (Å²) in [7, 11) is 0. The number of rotatable bonds is 6. The first-order chi connectivity index (χ1) is 13.0. The number of anilines is 1. The van der Waals surface area contributed by atoms with Crippen LogP contribution in [0.3, 0.4) is 0 Å². The highest BCUT2D eigenvalue weighted by Crippen LogP contribution is 2.29. The number of benzene rings is 2. The Kier molecular flexibility index (Phi) is 5.08. The van der Waals surface area contributed by atoms with Crippen molar-refractivity contribution in [3.05, 3.63) is 85.9 Å². The molecule has 0 atom stereocenters. The number of nitro benzene ring substituents is 2. The summed E-state index contributed by atoms with van der Waals surface area (Å²) in [6.45, 7) is 0. The van der Waals surface area contributed by atoms with Gasteiger partial charge in [-0.05, 0) is 18.2 Å². The Hall–Kier alpha value is -3.79. The van der Waals surface area contributed by atoms with E-state index in [0.29, 0.717) is 5.69 Å². The van der Waals surface area contributed by atoms with Gasteiger partial charge in [0.25, 0.3) is 5.69 Å². The van der Waals surface area contributed by atoms with Crippen molar-refractivity contribution in [1.82, 2.24) is 9.55 Å². The predicted molar refractivity (Wildman–Crippen MR) is 99.5 cm³/mol. The van der Waals surface area contributed by atoms with E-state index in [2.05, 4.69) is 15.5 Å². The summed E-state index contributed by atoms with van der Waals surface area (Å²) in [5, 5.41) is 26.1. The van der Waals surface area contributed by atoms with Crippen LogP contribution in [0, 0.1) is 20.2 Å². The highest BCUT2D eigenvalue weighted by molar-refractivity contribution is 6.31. The second-order valence-electron chi connectivity index (χ2n) is 5.21. The summed E-state index contributed by atoms with van der Waals surface area (Å²) in [6, 6.07) is 12.5. The number of nitrogens with zero attached hydrogens (tertiary/aromatic N) is 5. The number of hydrogen-bond acceptors (Lipinski definition) is 7. The third kappa shape index (κ3) is 3.90. The van der Waals surface area contributed by atoms with Gasteiger partial charge in [0.2, 0.25) is 0 Å². The number of nitro groups is 2. The third-order valence-corrected chi connectivity index (χ3v) is 3.84. The smallest absolute Gasteiger partial charge is 0.297 e. The molecule has 27 heavy (non-hydrogen) atoms. The van der Waals surface area contributed by atoms with Crippen LogP contribution in [0.4, 0.5) is 17.1 Å². The molecule has 1 aromatic heterocycles. The second kappa shape index (κ2) is 7.62. The predicted octanol–water partition coefficient (Wildman–Crippen LogP) is 3.79. The van der Waals surface area contributed by atoms with E-state index in [4.69, 9.17) is 11.6 Å². The summed E-state index contributed by atoms with van der Waals surface area (Å²) >= 11 is 6.08. The Bertz CT molecular complexity index is 1030. The van der Waals surface area contributed by atoms with E-state index in [1.54, 1.807) is 4.57 Å². The largest absolute Gasteiger partial charge is 0.301 e. The fourth-order valence-corrected chi connectivity index (χ4v) is 2.47. The maximum absolute atomic E-state index is 11.1. The molecular formula is C16H11ClN6O4. The van der Waals surface area contributed by atoms with Gasteiger partial charge in [0.1, 0.15) is 17.7 Å². The maximum atomic E-state index is 11.1. The minimum absolute atomic E-state index is 0.00347. The molecule has 0 bridgehead atoms. The number of hydrazone groups is 1. The lowest BCUT2D eigenvalue weighted by Gasteiger charge is -2.05. The van der Waals surface area contributed by atoms with Crippen LogP contribution in [0.25, 0.3) is 5.69 Å². The summed E-state index contributed by atoms with van der Waals surface area (Å²) in [4.78, 5) is 24.5. The van der Waals surface area contributed by atoms with Gasteiger partial charge in [-0.3, -0.25) is 30.2 Å². The van der Waals surface area contributed by atoms with E-state index < -0.39 is 15.5 Å². The van der Waals surface area contributed by atoms with Gasteiger partial charge in [-0.15, -0.1) is 0 Å². The molecule has 0 aliphatic rings. The minimum atomic E-state index is -0.730. The number of nitrogens with one attached hydrogen (secondary N) is 1. The topological polar surface area (TPSA) is 128 Å². The van der Waals surface area contributed by atoms with E-state index in [1.807, 2.05) is 30.3 Å². The summed E-state index contributed by atoms with van der Waals surface area (Å²) in [5.41, 5.74) is 2.92. The standard InChI is InChI=1S/C16H11ClN6O4/c17-16-15(21(10-18-16)11-4-2-1-3-5-11)9-19-20-13-7-6-12(22(24)25)8-14(13)23(26)27/h1-10,20H. The molecule has 2 aromatic carbocycles. The molecule has 0 fully saturated rings. The first-order valence-corrected chi connectivity index (χ1v) is 7.85. The van der Waals surface area contributed by atoms with Crippen LogP contribution in [0.5, 0.6) is 0 Å². The lowest BCUT2D eigenvalue weighted by molar-refractivity contribution is -0.393. The molecule has 0 amide bonds. The average Bonchev–Trinajstić information content (AvgIpc) is 3.03. The fourth-order valence-electron chi connectivity index (χ4n) is 2.29. The number of hydrogen-bond donors (Lipinski definition) is 1. The van der Waals surface area contributed by atoms with Crippen molar-refractivity contribution in [1.29, 1.82) is 0 Å². The summed E-state index contributed by atoms with van der Waals surface area (Å²) in [6.07, 6.45) is 2.88. The van der Waals surface area contributed by atoms with Crippen molar-refractivity contribution >= 4 is 34.9 Å². The van der Waals surface area contributed by atoms with Crippen molar-refractivity contribution in [3.8, 4) is 5.69 Å². The molecule has 0 aliphatic heterocycles. The zero-order valence-corrected chi connectivity index (χ0v) is 14.3. The molecular weight excluding hydrogens is 376 g/mol. The summed E-state index contributed by atoms with van der Waals surface area (Å²) < 4.78 is 1.69. The Balaban J connectivity index is 1.88. The lowest BCUT2D eigenvalue weighted by Crippen LogP contribution is -2.01. The van der Waals surface area contributed by atoms with Gasteiger partial charge < -0.3 is 0 Å². The van der Waals surface area contributed by atoms with Crippen molar-refractivity contribution in [2.75, 3.05) is 5.43 Å². The zero-order valence-electron chi connectivity index (χ0n) is 13.5. The van der Waals surface area contributed by atoms with Crippen molar-refractivity contribution in [2.24, 2.45) is 5.10 Å². The van der Waals surface area contributed by atoms with Crippen LogP contribution in [0.15, 0.2) is 60.0 Å². The highest BCUT2D eigenvalue weighted by Gasteiger charge is 2.19. The van der Waals surface area contributed by atoms with Crippen LogP contribution < -0.4 is 5.43 Å². The van der Waals surface area contributed by atoms with Gasteiger partial charge in [-0.25, -0.2) is 4.98 Å². The van der Waals surface area contributed by atoms with E-state index in [0.717, 1.165) is 17.8 Å². The molecule has 10 nitrogen and oxygen atoms in total. The molecule has 11 heteroatoms. The van der Waals surface area contributed by atoms with Crippen molar-refractivity contribution < 1.29 is 9.85 Å². The molecule has 1 N–H and O–H groups in total. The molecule has 0 aliphatic carbocycles. The van der Waals surface area contributed by atoms with Gasteiger partial charge in [0, 0.05) is 11.8 Å². The van der Waals surface area contributed by atoms with Gasteiger partial charge in [0.05, 0.1) is 22.1 Å². The van der Waals surface area contributed by atoms with Crippen molar-refractivity contribution in [3.63, 3.8) is 0 Å². The van der Waals surface area contributed by atoms with Gasteiger partial charge in [0.15, 0.2) is 5.15 Å². The van der Waals surface area contributed by atoms with E-state index in [-0.39, 0.29) is 16.5 Å². The summed E-state index contributed by atoms with van der Waals surface area (Å²) in [5.74, 6) is 0. The zero-order chi connectivity index (χ0) is 19.4. The molecule has 0 spiro atoms. The van der Waals surface area contributed by atoms with Crippen LogP contribution in [-0.4, -0.2) is 25.6 Å². The van der Waals surface area contributed by atoms with Crippen LogP contribution >= 0.6 is 11.6 Å². The maximum Gasteiger partial charge on any atom is 0.301 e. The first kappa shape index (κ1) is 18.0. The normalized spacial score (nSPS) is 10.9. The molecule has 0 saturated carbocycles. The van der Waals surface area contributed by atoms with E-state index >= 15 is 0 Å². The monoisotopic (exact) mass is 386 g/mol. The number of non-ortho nitro benzene ring substituents is 1. The first-order valence-electron chi connectivity index (χ1n) is 7.47. The van der Waals surface area contributed by atoms with E-state index in [9.17, 15) is 20.2 Å². The molecule has 0 unspecified atom stereocenters. The molecule has 136 valence electrons. The number of imidazole rings is 1. The van der Waals surface area contributed by atoms with Crippen LogP contribution in [-0.2, 0) is 0 Å². The number of halogens is 1. The molecule has 0 saturated heterocycles. The Morgan fingerprint density at radius 2 is 1.85 bits per heavy atom. The SMILES string of the molecule is O=[N+]([O-])c1ccc(NN=Cc2c(Cl)ncn2-c2ccccc2)c([N+](=O)[O-])c1. The van der Waals surface area contributed by atoms with Crippen LogP contribution in [0.2, 0.25) is 5.15 Å².